The first-order valence-corrected chi connectivity index (χ1v) is 14.2. The van der Waals surface area contributed by atoms with Crippen molar-refractivity contribution in [2.24, 2.45) is 11.8 Å². The van der Waals surface area contributed by atoms with Gasteiger partial charge in [-0.2, -0.15) is 0 Å². The maximum Gasteiger partial charge on any atom is 0.173 e. The molecule has 8 N–H and O–H groups in total. The predicted molar refractivity (Wildman–Crippen MR) is 162 cm³/mol. The minimum absolute atomic E-state index is 0.190. The van der Waals surface area contributed by atoms with Crippen molar-refractivity contribution >= 4 is 22.7 Å². The van der Waals surface area contributed by atoms with Gasteiger partial charge in [0, 0.05) is 0 Å². The number of hydrogen-bond acceptors (Lipinski definition) is 6. The molecule has 4 aliphatic carbocycles. The Labute approximate surface area is 235 Å². The van der Waals surface area contributed by atoms with Crippen LogP contribution < -0.4 is 32.4 Å². The zero-order chi connectivity index (χ0) is 27.5. The summed E-state index contributed by atoms with van der Waals surface area (Å²) in [5, 5.41) is 0. The van der Waals surface area contributed by atoms with Crippen molar-refractivity contribution in [3.05, 3.63) is 96.1 Å². The highest BCUT2D eigenvalue weighted by Gasteiger charge is 2.58. The molecule has 4 aliphatic rings. The Bertz CT molecular complexity index is 1390. The summed E-state index contributed by atoms with van der Waals surface area (Å²) in [6.45, 7) is 0. The van der Waals surface area contributed by atoms with Gasteiger partial charge in [0.05, 0.1) is 22.7 Å². The summed E-state index contributed by atoms with van der Waals surface area (Å²) < 4.78 is 12.2. The molecule has 0 aromatic heterocycles. The van der Waals surface area contributed by atoms with Crippen molar-refractivity contribution in [2.75, 3.05) is 22.9 Å². The van der Waals surface area contributed by atoms with E-state index in [0.717, 1.165) is 23.3 Å². The van der Waals surface area contributed by atoms with Gasteiger partial charge in [-0.15, -0.1) is 0 Å². The van der Waals surface area contributed by atoms with E-state index in [1.807, 2.05) is 12.1 Å². The van der Waals surface area contributed by atoms with Crippen LogP contribution in [0.15, 0.2) is 84.9 Å². The van der Waals surface area contributed by atoms with E-state index < -0.39 is 0 Å². The smallest absolute Gasteiger partial charge is 0.173 e. The van der Waals surface area contributed by atoms with Gasteiger partial charge in [-0.05, 0) is 121 Å². The van der Waals surface area contributed by atoms with Crippen LogP contribution in [-0.2, 0) is 10.8 Å². The molecule has 204 valence electrons. The maximum absolute atomic E-state index is 6.11. The van der Waals surface area contributed by atoms with Crippen LogP contribution in [-0.4, -0.2) is 0 Å². The zero-order valence-electron chi connectivity index (χ0n) is 22.6. The van der Waals surface area contributed by atoms with Gasteiger partial charge in [-0.25, -0.2) is 0 Å². The molecule has 40 heavy (non-hydrogen) atoms. The average Bonchev–Trinajstić information content (AvgIpc) is 2.93. The summed E-state index contributed by atoms with van der Waals surface area (Å²) in [5.41, 5.74) is 29.8. The number of hydrogen-bond donors (Lipinski definition) is 4. The molecule has 0 spiro atoms. The Morgan fingerprint density at radius 2 is 0.850 bits per heavy atom. The standard InChI is InChI=1S/C34H36N4O2/c35-27-3-1-4-28(36)31(27)39-25-11-7-23(8-12-25)33-16-21-15-22(17-33)19-34(18-21,20-33)24-9-13-26(14-10-24)40-32-29(37)5-2-6-30(32)38/h1-14,21-22H,15-20,35-38H2. The zero-order valence-corrected chi connectivity index (χ0v) is 22.6. The quantitative estimate of drug-likeness (QED) is 0.192. The normalized spacial score (nSPS) is 26.5. The largest absolute Gasteiger partial charge is 0.453 e. The van der Waals surface area contributed by atoms with Gasteiger partial charge in [0.15, 0.2) is 11.5 Å². The van der Waals surface area contributed by atoms with E-state index >= 15 is 0 Å². The fourth-order valence-electron chi connectivity index (χ4n) is 8.31. The molecule has 4 fully saturated rings. The molecule has 4 saturated carbocycles. The minimum Gasteiger partial charge on any atom is -0.453 e. The minimum atomic E-state index is 0.190. The highest BCUT2D eigenvalue weighted by atomic mass is 16.5. The van der Waals surface area contributed by atoms with Gasteiger partial charge < -0.3 is 32.4 Å². The molecule has 0 saturated heterocycles. The van der Waals surface area contributed by atoms with Crippen LogP contribution in [0.5, 0.6) is 23.0 Å². The second-order valence-corrected chi connectivity index (χ2v) is 12.3. The molecular formula is C34H36N4O2. The predicted octanol–water partition coefficient (Wildman–Crippen LogP) is 7.39. The van der Waals surface area contributed by atoms with Crippen LogP contribution in [0.1, 0.15) is 49.7 Å². The van der Waals surface area contributed by atoms with Crippen LogP contribution in [0.25, 0.3) is 0 Å². The summed E-state index contributed by atoms with van der Waals surface area (Å²) in [5.74, 6) is 4.05. The lowest BCUT2D eigenvalue weighted by Crippen LogP contribution is -2.55. The third-order valence-electron chi connectivity index (χ3n) is 9.59. The third-order valence-corrected chi connectivity index (χ3v) is 9.59. The maximum atomic E-state index is 6.11. The summed E-state index contributed by atoms with van der Waals surface area (Å²) in [6.07, 6.45) is 7.57. The Morgan fingerprint density at radius 1 is 0.500 bits per heavy atom. The van der Waals surface area contributed by atoms with Gasteiger partial charge in [-0.3, -0.25) is 0 Å². The lowest BCUT2D eigenvalue weighted by molar-refractivity contribution is -0.0281. The molecular weight excluding hydrogens is 496 g/mol. The first-order chi connectivity index (χ1) is 19.3. The topological polar surface area (TPSA) is 123 Å². The van der Waals surface area contributed by atoms with Crippen LogP contribution in [0.4, 0.5) is 22.7 Å². The van der Waals surface area contributed by atoms with Gasteiger partial charge in [0.1, 0.15) is 11.5 Å². The van der Waals surface area contributed by atoms with Crippen molar-refractivity contribution in [1.82, 2.24) is 0 Å². The van der Waals surface area contributed by atoms with Gasteiger partial charge in [0.2, 0.25) is 0 Å². The van der Waals surface area contributed by atoms with Crippen LogP contribution >= 0.6 is 0 Å². The number of rotatable bonds is 6. The molecule has 0 aliphatic heterocycles. The highest BCUT2D eigenvalue weighted by Crippen LogP contribution is 2.66. The van der Waals surface area contributed by atoms with E-state index in [4.69, 9.17) is 32.4 Å². The lowest BCUT2D eigenvalue weighted by Gasteiger charge is -2.62. The van der Waals surface area contributed by atoms with Crippen LogP contribution in [0.2, 0.25) is 0 Å². The first-order valence-electron chi connectivity index (χ1n) is 14.2. The summed E-state index contributed by atoms with van der Waals surface area (Å²) in [6, 6.07) is 28.2. The monoisotopic (exact) mass is 532 g/mol. The Hall–Kier alpha value is -4.32. The van der Waals surface area contributed by atoms with E-state index in [-0.39, 0.29) is 10.8 Å². The Kier molecular flexibility index (Phi) is 5.63. The molecule has 0 radical (unpaired) electrons. The van der Waals surface area contributed by atoms with Gasteiger partial charge in [-0.1, -0.05) is 36.4 Å². The molecule has 6 nitrogen and oxygen atoms in total. The van der Waals surface area contributed by atoms with Crippen molar-refractivity contribution in [3.8, 4) is 23.0 Å². The second kappa shape index (κ2) is 9.12. The molecule has 4 aromatic carbocycles. The number of nitrogen functional groups attached to an aromatic ring is 4. The molecule has 0 heterocycles. The summed E-state index contributed by atoms with van der Waals surface area (Å²) >= 11 is 0. The van der Waals surface area contributed by atoms with Crippen molar-refractivity contribution in [2.45, 2.75) is 49.4 Å². The molecule has 8 rings (SSSR count). The number of nitrogens with two attached hydrogens (primary N) is 4. The molecule has 6 heteroatoms. The highest BCUT2D eigenvalue weighted by molar-refractivity contribution is 5.69. The molecule has 4 aromatic rings. The molecule has 0 atom stereocenters. The second-order valence-electron chi connectivity index (χ2n) is 12.3. The average molecular weight is 533 g/mol. The number of ether oxygens (including phenoxy) is 2. The molecule has 4 bridgehead atoms. The summed E-state index contributed by atoms with van der Waals surface area (Å²) in [7, 11) is 0. The Morgan fingerprint density at radius 3 is 1.20 bits per heavy atom. The fraction of sp³-hybridized carbons (Fsp3) is 0.294. The van der Waals surface area contributed by atoms with E-state index in [9.17, 15) is 0 Å². The van der Waals surface area contributed by atoms with E-state index in [1.54, 1.807) is 24.3 Å². The SMILES string of the molecule is Nc1cccc(N)c1Oc1ccc(C23CC4CC(C2)CC(c2ccc(Oc5c(N)cccc5N)cc2)(C4)C3)cc1. The van der Waals surface area contributed by atoms with E-state index in [0.29, 0.717) is 34.2 Å². The van der Waals surface area contributed by atoms with Crippen molar-refractivity contribution < 1.29 is 9.47 Å². The van der Waals surface area contributed by atoms with Gasteiger partial charge in [0.25, 0.3) is 0 Å². The molecule has 0 unspecified atom stereocenters. The third kappa shape index (κ3) is 4.10. The molecule has 0 amide bonds. The van der Waals surface area contributed by atoms with Crippen molar-refractivity contribution in [3.63, 3.8) is 0 Å². The van der Waals surface area contributed by atoms with Gasteiger partial charge >= 0.3 is 0 Å². The fourth-order valence-corrected chi connectivity index (χ4v) is 8.31. The number of anilines is 4. The first kappa shape index (κ1) is 24.7. The number of benzene rings is 4. The van der Waals surface area contributed by atoms with E-state index in [2.05, 4.69) is 48.5 Å². The lowest BCUT2D eigenvalue weighted by atomic mass is 9.42. The van der Waals surface area contributed by atoms with E-state index in [1.165, 1.54) is 49.7 Å². The number of para-hydroxylation sites is 2. The summed E-state index contributed by atoms with van der Waals surface area (Å²) in [4.78, 5) is 0. The van der Waals surface area contributed by atoms with Crippen molar-refractivity contribution in [1.29, 1.82) is 0 Å². The van der Waals surface area contributed by atoms with Crippen LogP contribution in [0.3, 0.4) is 0 Å². The van der Waals surface area contributed by atoms with Crippen LogP contribution in [0, 0.1) is 11.8 Å². The Balaban J connectivity index is 1.15.